The molecule has 1 aliphatic rings. The molecule has 0 amide bonds. The second-order valence-electron chi connectivity index (χ2n) is 7.25. The number of nitrogens with one attached hydrogen (secondary N) is 2. The van der Waals surface area contributed by atoms with Gasteiger partial charge >= 0.3 is 0 Å². The van der Waals surface area contributed by atoms with Gasteiger partial charge in [0.15, 0.2) is 0 Å². The minimum Gasteiger partial charge on any atom is -0.281 e. The van der Waals surface area contributed by atoms with Crippen LogP contribution in [0.5, 0.6) is 0 Å². The molecule has 0 aliphatic heterocycles. The van der Waals surface area contributed by atoms with Crippen LogP contribution in [-0.2, 0) is 10.0 Å². The van der Waals surface area contributed by atoms with Crippen LogP contribution >= 0.6 is 0 Å². The minimum absolute atomic E-state index is 0.0115. The van der Waals surface area contributed by atoms with Gasteiger partial charge in [0, 0.05) is 6.04 Å². The maximum absolute atomic E-state index is 12.7. The van der Waals surface area contributed by atoms with E-state index in [9.17, 15) is 8.42 Å². The number of hydrogen-bond donors (Lipinski definition) is 2. The van der Waals surface area contributed by atoms with Gasteiger partial charge in [0.1, 0.15) is 4.90 Å². The molecule has 2 N–H and O–H groups in total. The van der Waals surface area contributed by atoms with Gasteiger partial charge in [-0.1, -0.05) is 33.6 Å². The molecule has 120 valence electrons. The minimum atomic E-state index is -3.51. The SMILES string of the molecule is Cc1n[nH]c(C)c1S(=O)(=O)NC1CCCCC1C(C)(C)C. The first-order chi connectivity index (χ1) is 9.63. The van der Waals surface area contributed by atoms with E-state index in [1.54, 1.807) is 13.8 Å². The first-order valence-electron chi connectivity index (χ1n) is 7.67. The summed E-state index contributed by atoms with van der Waals surface area (Å²) in [4.78, 5) is 0.306. The van der Waals surface area contributed by atoms with Gasteiger partial charge in [-0.05, 0) is 38.0 Å². The third-order valence-electron chi connectivity index (χ3n) is 4.51. The zero-order chi connectivity index (χ0) is 15.8. The molecule has 0 saturated heterocycles. The van der Waals surface area contributed by atoms with E-state index in [2.05, 4.69) is 35.7 Å². The van der Waals surface area contributed by atoms with Crippen LogP contribution in [0.4, 0.5) is 0 Å². The van der Waals surface area contributed by atoms with Crippen LogP contribution in [0.3, 0.4) is 0 Å². The molecular weight excluding hydrogens is 286 g/mol. The Morgan fingerprint density at radius 3 is 2.33 bits per heavy atom. The third kappa shape index (κ3) is 3.48. The number of H-pyrrole nitrogens is 1. The largest absolute Gasteiger partial charge is 0.281 e. The average Bonchev–Trinajstić information content (AvgIpc) is 2.68. The highest BCUT2D eigenvalue weighted by molar-refractivity contribution is 7.89. The monoisotopic (exact) mass is 313 g/mol. The molecule has 0 radical (unpaired) electrons. The predicted octanol–water partition coefficient (Wildman–Crippen LogP) is 2.91. The average molecular weight is 313 g/mol. The molecule has 6 heteroatoms. The molecule has 0 aromatic carbocycles. The summed E-state index contributed by atoms with van der Waals surface area (Å²) in [6.07, 6.45) is 4.27. The van der Waals surface area contributed by atoms with Crippen LogP contribution in [-0.4, -0.2) is 24.7 Å². The van der Waals surface area contributed by atoms with E-state index in [4.69, 9.17) is 0 Å². The van der Waals surface area contributed by atoms with Crippen LogP contribution in [0.1, 0.15) is 57.8 Å². The molecule has 2 unspecified atom stereocenters. The summed E-state index contributed by atoms with van der Waals surface area (Å²) in [6.45, 7) is 10.0. The lowest BCUT2D eigenvalue weighted by molar-refractivity contribution is 0.144. The summed E-state index contributed by atoms with van der Waals surface area (Å²) in [5.74, 6) is 0.369. The van der Waals surface area contributed by atoms with Gasteiger partial charge in [-0.2, -0.15) is 5.10 Å². The highest BCUT2D eigenvalue weighted by Crippen LogP contribution is 2.38. The van der Waals surface area contributed by atoms with Gasteiger partial charge in [-0.15, -0.1) is 0 Å². The van der Waals surface area contributed by atoms with Crippen molar-refractivity contribution in [2.75, 3.05) is 0 Å². The summed E-state index contributed by atoms with van der Waals surface area (Å²) >= 11 is 0. The predicted molar refractivity (Wildman–Crippen MR) is 83.6 cm³/mol. The number of nitrogens with zero attached hydrogens (tertiary/aromatic N) is 1. The summed E-state index contributed by atoms with van der Waals surface area (Å²) in [6, 6.07) is 0.0115. The van der Waals surface area contributed by atoms with E-state index in [0.717, 1.165) is 19.3 Å². The van der Waals surface area contributed by atoms with Crippen molar-refractivity contribution >= 4 is 10.0 Å². The van der Waals surface area contributed by atoms with E-state index < -0.39 is 10.0 Å². The van der Waals surface area contributed by atoms with Crippen LogP contribution in [0.2, 0.25) is 0 Å². The van der Waals surface area contributed by atoms with Crippen LogP contribution in [0.25, 0.3) is 0 Å². The van der Waals surface area contributed by atoms with Crippen molar-refractivity contribution in [2.24, 2.45) is 11.3 Å². The van der Waals surface area contributed by atoms with Crippen molar-refractivity contribution in [2.45, 2.75) is 71.2 Å². The Bertz CT molecular complexity index is 579. The molecule has 0 spiro atoms. The molecule has 1 saturated carbocycles. The Hall–Kier alpha value is -0.880. The number of aromatic amines is 1. The number of aryl methyl sites for hydroxylation is 2. The summed E-state index contributed by atoms with van der Waals surface area (Å²) < 4.78 is 28.4. The second kappa shape index (κ2) is 5.72. The van der Waals surface area contributed by atoms with Gasteiger partial charge in [0.2, 0.25) is 10.0 Å². The summed E-state index contributed by atoms with van der Waals surface area (Å²) in [5, 5.41) is 6.75. The Kier molecular flexibility index (Phi) is 4.49. The third-order valence-corrected chi connectivity index (χ3v) is 6.27. The lowest BCUT2D eigenvalue weighted by Crippen LogP contribution is -2.46. The van der Waals surface area contributed by atoms with E-state index in [1.807, 2.05) is 0 Å². The first-order valence-corrected chi connectivity index (χ1v) is 9.15. The Morgan fingerprint density at radius 1 is 1.19 bits per heavy atom. The zero-order valence-corrected chi connectivity index (χ0v) is 14.5. The molecular formula is C15H27N3O2S. The van der Waals surface area contributed by atoms with Crippen LogP contribution < -0.4 is 4.72 Å². The molecule has 0 bridgehead atoms. The second-order valence-corrected chi connectivity index (χ2v) is 8.90. The van der Waals surface area contributed by atoms with Crippen LogP contribution in [0, 0.1) is 25.2 Å². The fourth-order valence-electron chi connectivity index (χ4n) is 3.50. The normalized spacial score (nSPS) is 24.2. The zero-order valence-electron chi connectivity index (χ0n) is 13.7. The molecule has 2 rings (SSSR count). The lowest BCUT2D eigenvalue weighted by atomic mass is 9.70. The number of sulfonamides is 1. The highest BCUT2D eigenvalue weighted by atomic mass is 32.2. The van der Waals surface area contributed by atoms with Gasteiger partial charge < -0.3 is 0 Å². The number of rotatable bonds is 3. The Labute approximate surface area is 128 Å². The Morgan fingerprint density at radius 2 is 1.81 bits per heavy atom. The quantitative estimate of drug-likeness (QED) is 0.901. The maximum Gasteiger partial charge on any atom is 0.244 e. The number of hydrogen-bond acceptors (Lipinski definition) is 3. The summed E-state index contributed by atoms with van der Waals surface area (Å²) in [7, 11) is -3.51. The molecule has 1 aromatic heterocycles. The van der Waals surface area contributed by atoms with E-state index >= 15 is 0 Å². The Balaban J connectivity index is 2.27. The van der Waals surface area contributed by atoms with Gasteiger partial charge in [0.25, 0.3) is 0 Å². The van der Waals surface area contributed by atoms with Crippen LogP contribution in [0.15, 0.2) is 4.90 Å². The first kappa shape index (κ1) is 16.5. The number of aromatic nitrogens is 2. The lowest BCUT2D eigenvalue weighted by Gasteiger charge is -2.40. The van der Waals surface area contributed by atoms with E-state index in [1.165, 1.54) is 6.42 Å². The van der Waals surface area contributed by atoms with Crippen molar-refractivity contribution < 1.29 is 8.42 Å². The smallest absolute Gasteiger partial charge is 0.244 e. The van der Waals surface area contributed by atoms with Gasteiger partial charge in [-0.25, -0.2) is 13.1 Å². The van der Waals surface area contributed by atoms with Gasteiger partial charge in [-0.3, -0.25) is 5.10 Å². The van der Waals surface area contributed by atoms with Crippen molar-refractivity contribution in [1.82, 2.24) is 14.9 Å². The van der Waals surface area contributed by atoms with E-state index in [0.29, 0.717) is 22.2 Å². The highest BCUT2D eigenvalue weighted by Gasteiger charge is 2.37. The topological polar surface area (TPSA) is 74.8 Å². The fraction of sp³-hybridized carbons (Fsp3) is 0.800. The molecule has 1 aliphatic carbocycles. The standard InChI is InChI=1S/C15H27N3O2S/c1-10-14(11(2)17-16-10)21(19,20)18-13-9-7-6-8-12(13)15(3,4)5/h12-13,18H,6-9H2,1-5H3,(H,16,17). The fourth-order valence-corrected chi connectivity index (χ4v) is 5.19. The van der Waals surface area contributed by atoms with Crippen molar-refractivity contribution in [3.63, 3.8) is 0 Å². The van der Waals surface area contributed by atoms with E-state index in [-0.39, 0.29) is 11.5 Å². The molecule has 5 nitrogen and oxygen atoms in total. The molecule has 2 atom stereocenters. The maximum atomic E-state index is 12.7. The molecule has 21 heavy (non-hydrogen) atoms. The van der Waals surface area contributed by atoms with Crippen molar-refractivity contribution in [3.8, 4) is 0 Å². The van der Waals surface area contributed by atoms with Crippen molar-refractivity contribution in [1.29, 1.82) is 0 Å². The molecule has 1 fully saturated rings. The van der Waals surface area contributed by atoms with Gasteiger partial charge in [0.05, 0.1) is 11.4 Å². The molecule has 1 aromatic rings. The van der Waals surface area contributed by atoms with Crippen molar-refractivity contribution in [3.05, 3.63) is 11.4 Å². The summed E-state index contributed by atoms with van der Waals surface area (Å²) in [5.41, 5.74) is 1.24. The molecule has 1 heterocycles.